The molecule has 164 valence electrons. The average molecular weight is 478 g/mol. The van der Waals surface area contributed by atoms with Crippen molar-refractivity contribution in [3.63, 3.8) is 0 Å². The Hall–Kier alpha value is -2.21. The van der Waals surface area contributed by atoms with Crippen molar-refractivity contribution in [3.8, 4) is 0 Å². The lowest BCUT2D eigenvalue weighted by molar-refractivity contribution is -0.119. The van der Waals surface area contributed by atoms with Crippen molar-refractivity contribution in [1.29, 1.82) is 0 Å². The molecule has 3 aromatic rings. The van der Waals surface area contributed by atoms with E-state index in [2.05, 4.69) is 31.5 Å². The summed E-state index contributed by atoms with van der Waals surface area (Å²) < 4.78 is 24.9. The lowest BCUT2D eigenvalue weighted by Crippen LogP contribution is -2.28. The molecule has 0 bridgehead atoms. The van der Waals surface area contributed by atoms with Gasteiger partial charge < -0.3 is 9.88 Å². The average Bonchev–Trinajstić information content (AvgIpc) is 3.28. The number of amides is 1. The molecular formula is C20H23N5O3S3. The topological polar surface area (TPSA) is 120 Å². The molecule has 1 aromatic carbocycles. The quantitative estimate of drug-likeness (QED) is 0.457. The van der Waals surface area contributed by atoms with Gasteiger partial charge in [0.25, 0.3) is 0 Å². The molecule has 8 nitrogen and oxygen atoms in total. The number of thiophene rings is 1. The van der Waals surface area contributed by atoms with E-state index < -0.39 is 10.0 Å². The second-order valence-corrected chi connectivity index (χ2v) is 11.0. The number of sulfonamides is 1. The van der Waals surface area contributed by atoms with Gasteiger partial charge in [0, 0.05) is 17.3 Å². The zero-order chi connectivity index (χ0) is 22.0. The number of aromatic nitrogens is 3. The van der Waals surface area contributed by atoms with Crippen molar-refractivity contribution < 1.29 is 13.2 Å². The van der Waals surface area contributed by atoms with Gasteiger partial charge in [-0.25, -0.2) is 13.6 Å². The molecule has 2 heterocycles. The third kappa shape index (κ3) is 5.53. The number of thioether (sulfide) groups is 1. The van der Waals surface area contributed by atoms with Crippen LogP contribution in [0.15, 0.2) is 51.8 Å². The van der Waals surface area contributed by atoms with E-state index in [1.54, 1.807) is 23.5 Å². The maximum Gasteiger partial charge on any atom is 0.238 e. The third-order valence-corrected chi connectivity index (χ3v) is 7.73. The Balaban J connectivity index is 1.36. The third-order valence-electron chi connectivity index (χ3n) is 4.98. The summed E-state index contributed by atoms with van der Waals surface area (Å²) in [6.07, 6.45) is 2.97. The minimum atomic E-state index is -3.73. The molecule has 0 spiro atoms. The lowest BCUT2D eigenvalue weighted by Gasteiger charge is -2.15. The molecule has 1 aliphatic carbocycles. The van der Waals surface area contributed by atoms with Gasteiger partial charge in [0.2, 0.25) is 15.9 Å². The number of carbonyl (C=O) groups is 1. The first-order chi connectivity index (χ1) is 14.8. The van der Waals surface area contributed by atoms with Gasteiger partial charge in [-0.1, -0.05) is 30.0 Å². The maximum absolute atomic E-state index is 12.5. The molecule has 0 saturated heterocycles. The molecule has 0 unspecified atom stereocenters. The van der Waals surface area contributed by atoms with Gasteiger partial charge in [0.1, 0.15) is 5.82 Å². The van der Waals surface area contributed by atoms with Gasteiger partial charge in [-0.05, 0) is 48.9 Å². The first kappa shape index (κ1) is 22.0. The number of benzene rings is 1. The Labute approximate surface area is 189 Å². The molecular weight excluding hydrogens is 454 g/mol. The highest BCUT2D eigenvalue weighted by Crippen LogP contribution is 2.39. The van der Waals surface area contributed by atoms with Crippen molar-refractivity contribution in [2.24, 2.45) is 5.14 Å². The van der Waals surface area contributed by atoms with E-state index in [0.29, 0.717) is 6.04 Å². The van der Waals surface area contributed by atoms with E-state index in [9.17, 15) is 13.2 Å². The van der Waals surface area contributed by atoms with Gasteiger partial charge in [-0.15, -0.1) is 21.5 Å². The van der Waals surface area contributed by atoms with Crippen LogP contribution in [0.4, 0.5) is 0 Å². The number of hydrogen-bond donors (Lipinski definition) is 2. The predicted molar refractivity (Wildman–Crippen MR) is 121 cm³/mol. The summed E-state index contributed by atoms with van der Waals surface area (Å²) in [5, 5.41) is 19.6. The lowest BCUT2D eigenvalue weighted by atomic mass is 10.1. The number of nitrogens with two attached hydrogens (primary N) is 1. The molecule has 2 aromatic heterocycles. The Bertz CT molecular complexity index is 1150. The van der Waals surface area contributed by atoms with Gasteiger partial charge in [0.05, 0.1) is 16.7 Å². The highest BCUT2D eigenvalue weighted by molar-refractivity contribution is 7.99. The molecule has 1 atom stereocenters. The Kier molecular flexibility index (Phi) is 6.47. The highest BCUT2D eigenvalue weighted by Gasteiger charge is 2.30. The van der Waals surface area contributed by atoms with Crippen LogP contribution in [0.25, 0.3) is 0 Å². The van der Waals surface area contributed by atoms with Crippen LogP contribution < -0.4 is 10.5 Å². The van der Waals surface area contributed by atoms with Crippen LogP contribution in [0.1, 0.15) is 48.1 Å². The van der Waals surface area contributed by atoms with Gasteiger partial charge in [-0.2, -0.15) is 0 Å². The molecule has 11 heteroatoms. The number of primary sulfonamides is 1. The summed E-state index contributed by atoms with van der Waals surface area (Å²) in [5.74, 6) is 1.04. The Morgan fingerprint density at radius 3 is 2.65 bits per heavy atom. The molecule has 1 aliphatic rings. The minimum Gasteiger partial charge on any atom is -0.349 e. The number of hydrogen-bond acceptors (Lipinski definition) is 7. The second kappa shape index (κ2) is 9.11. The number of nitrogens with one attached hydrogen (secondary N) is 1. The summed E-state index contributed by atoms with van der Waals surface area (Å²) in [6.45, 7) is 1.85. The first-order valence-corrected chi connectivity index (χ1v) is 13.2. The normalized spacial score (nSPS) is 15.0. The zero-order valence-corrected chi connectivity index (χ0v) is 19.3. The van der Waals surface area contributed by atoms with Crippen molar-refractivity contribution in [2.45, 2.75) is 48.3 Å². The van der Waals surface area contributed by atoms with Crippen molar-refractivity contribution >= 4 is 39.0 Å². The number of nitrogens with zero attached hydrogens (tertiary/aromatic N) is 3. The van der Waals surface area contributed by atoms with E-state index in [1.165, 1.54) is 28.8 Å². The van der Waals surface area contributed by atoms with E-state index >= 15 is 0 Å². The van der Waals surface area contributed by atoms with Crippen LogP contribution >= 0.6 is 23.1 Å². The molecule has 1 saturated carbocycles. The standard InChI is InChI=1S/C20H23N5O3S3/c1-13(14-4-8-17(9-5-14)31(21,27)28)22-19(26)12-30-20-24-23-18(25(20)15-6-7-15)11-16-3-2-10-29-16/h2-5,8-10,13,15H,6-7,11-12H2,1H3,(H,22,26)(H2,21,27,28)/t13-/m1/s1. The van der Waals surface area contributed by atoms with Crippen molar-refractivity contribution in [3.05, 3.63) is 58.0 Å². The number of carbonyl (C=O) groups excluding carboxylic acids is 1. The predicted octanol–water partition coefficient (Wildman–Crippen LogP) is 2.88. The summed E-state index contributed by atoms with van der Waals surface area (Å²) in [4.78, 5) is 13.8. The summed E-state index contributed by atoms with van der Waals surface area (Å²) in [6, 6.07) is 10.5. The summed E-state index contributed by atoms with van der Waals surface area (Å²) in [7, 11) is -3.73. The van der Waals surface area contributed by atoms with Crippen LogP contribution in [-0.4, -0.2) is 34.8 Å². The smallest absolute Gasteiger partial charge is 0.238 e. The van der Waals surface area contributed by atoms with Gasteiger partial charge in [0.15, 0.2) is 5.16 Å². The molecule has 1 fully saturated rings. The summed E-state index contributed by atoms with van der Waals surface area (Å²) >= 11 is 3.09. The second-order valence-electron chi connectivity index (χ2n) is 7.45. The van der Waals surface area contributed by atoms with Crippen LogP contribution in [0, 0.1) is 0 Å². The molecule has 0 radical (unpaired) electrons. The van der Waals surface area contributed by atoms with Crippen LogP contribution in [-0.2, 0) is 21.2 Å². The fraction of sp³-hybridized carbons (Fsp3) is 0.350. The van der Waals surface area contributed by atoms with Gasteiger partial charge in [-0.3, -0.25) is 4.79 Å². The minimum absolute atomic E-state index is 0.0445. The SMILES string of the molecule is C[C@@H](NC(=O)CSc1nnc(Cc2cccs2)n1C1CC1)c1ccc(S(N)(=O)=O)cc1. The highest BCUT2D eigenvalue weighted by atomic mass is 32.2. The molecule has 31 heavy (non-hydrogen) atoms. The fourth-order valence-electron chi connectivity index (χ4n) is 3.24. The molecule has 0 aliphatic heterocycles. The van der Waals surface area contributed by atoms with Crippen molar-refractivity contribution in [2.75, 3.05) is 5.75 Å². The van der Waals surface area contributed by atoms with Crippen LogP contribution in [0.2, 0.25) is 0 Å². The first-order valence-electron chi connectivity index (χ1n) is 9.82. The van der Waals surface area contributed by atoms with E-state index in [1.807, 2.05) is 13.0 Å². The van der Waals surface area contributed by atoms with Crippen LogP contribution in [0.3, 0.4) is 0 Å². The Morgan fingerprint density at radius 2 is 2.03 bits per heavy atom. The molecule has 3 N–H and O–H groups in total. The van der Waals surface area contributed by atoms with E-state index in [4.69, 9.17) is 5.14 Å². The zero-order valence-electron chi connectivity index (χ0n) is 16.9. The largest absolute Gasteiger partial charge is 0.349 e. The molecule has 1 amide bonds. The van der Waals surface area contributed by atoms with E-state index in [-0.39, 0.29) is 22.6 Å². The maximum atomic E-state index is 12.5. The fourth-order valence-corrected chi connectivity index (χ4v) is 5.29. The van der Waals surface area contributed by atoms with Crippen molar-refractivity contribution in [1.82, 2.24) is 20.1 Å². The Morgan fingerprint density at radius 1 is 1.29 bits per heavy atom. The number of rotatable bonds is 9. The monoisotopic (exact) mass is 477 g/mol. The van der Waals surface area contributed by atoms with Gasteiger partial charge >= 0.3 is 0 Å². The van der Waals surface area contributed by atoms with E-state index in [0.717, 1.165) is 35.8 Å². The molecule has 4 rings (SSSR count). The van der Waals surface area contributed by atoms with Crippen LogP contribution in [0.5, 0.6) is 0 Å². The summed E-state index contributed by atoms with van der Waals surface area (Å²) in [5.41, 5.74) is 0.796.